The average molecular weight is 336 g/mol. The topological polar surface area (TPSA) is 35.6 Å². The normalized spacial score (nSPS) is 17.0. The molecule has 0 bridgehead atoms. The zero-order valence-electron chi connectivity index (χ0n) is 14.0. The molecule has 1 saturated heterocycles. The third kappa shape index (κ3) is 6.73. The molecule has 0 aromatic heterocycles. The van der Waals surface area contributed by atoms with Gasteiger partial charge in [0.25, 0.3) is 0 Å². The van der Waals surface area contributed by atoms with E-state index in [4.69, 9.17) is 11.6 Å². The Morgan fingerprint density at radius 1 is 1.17 bits per heavy atom. The molecule has 1 heterocycles. The van der Waals surface area contributed by atoms with Crippen molar-refractivity contribution in [2.24, 2.45) is 0 Å². The molecule has 1 aromatic carbocycles. The first-order chi connectivity index (χ1) is 11.0. The first kappa shape index (κ1) is 18.0. The lowest BCUT2D eigenvalue weighted by atomic mass is 10.2. The van der Waals surface area contributed by atoms with Crippen LogP contribution < -0.4 is 5.32 Å². The minimum Gasteiger partial charge on any atom is -0.353 e. The van der Waals surface area contributed by atoms with Gasteiger partial charge in [-0.25, -0.2) is 0 Å². The maximum atomic E-state index is 11.8. The van der Waals surface area contributed by atoms with E-state index in [2.05, 4.69) is 27.3 Å². The molecule has 0 saturated carbocycles. The van der Waals surface area contributed by atoms with E-state index in [1.807, 2.05) is 38.1 Å². The van der Waals surface area contributed by atoms with Gasteiger partial charge in [0, 0.05) is 43.8 Å². The number of amides is 1. The van der Waals surface area contributed by atoms with Gasteiger partial charge in [-0.05, 0) is 31.5 Å². The van der Waals surface area contributed by atoms with E-state index >= 15 is 0 Å². The summed E-state index contributed by atoms with van der Waals surface area (Å²) < 4.78 is 0. The molecule has 1 fully saturated rings. The lowest BCUT2D eigenvalue weighted by Gasteiger charge is -2.33. The molecule has 0 atom stereocenters. The second-order valence-corrected chi connectivity index (χ2v) is 6.69. The van der Waals surface area contributed by atoms with Crippen molar-refractivity contribution in [2.45, 2.75) is 19.9 Å². The predicted molar refractivity (Wildman–Crippen MR) is 96.6 cm³/mol. The molecule has 1 amide bonds. The SMILES string of the molecule is CC(C)NC(=O)CN1CCN(C/C=C/c2ccc(Cl)cc2)CC1. The summed E-state index contributed by atoms with van der Waals surface area (Å²) in [5, 5.41) is 3.71. The van der Waals surface area contributed by atoms with Crippen LogP contribution in [0.4, 0.5) is 0 Å². The summed E-state index contributed by atoms with van der Waals surface area (Å²) in [6, 6.07) is 8.06. The van der Waals surface area contributed by atoms with Crippen LogP contribution in [-0.4, -0.2) is 61.0 Å². The number of halogens is 1. The van der Waals surface area contributed by atoms with Crippen molar-refractivity contribution in [3.05, 3.63) is 40.9 Å². The van der Waals surface area contributed by atoms with Gasteiger partial charge in [-0.3, -0.25) is 14.6 Å². The van der Waals surface area contributed by atoms with E-state index < -0.39 is 0 Å². The van der Waals surface area contributed by atoms with Gasteiger partial charge in [-0.1, -0.05) is 35.9 Å². The van der Waals surface area contributed by atoms with E-state index in [1.54, 1.807) is 0 Å². The molecule has 0 aliphatic carbocycles. The van der Waals surface area contributed by atoms with Crippen molar-refractivity contribution < 1.29 is 4.79 Å². The van der Waals surface area contributed by atoms with Crippen molar-refractivity contribution in [2.75, 3.05) is 39.3 Å². The molecular weight excluding hydrogens is 310 g/mol. The van der Waals surface area contributed by atoms with Crippen LogP contribution >= 0.6 is 11.6 Å². The second kappa shape index (κ2) is 9.06. The molecule has 0 radical (unpaired) electrons. The molecule has 4 nitrogen and oxygen atoms in total. The lowest BCUT2D eigenvalue weighted by molar-refractivity contribution is -0.123. The van der Waals surface area contributed by atoms with Crippen LogP contribution in [0.15, 0.2) is 30.3 Å². The Labute approximate surface area is 144 Å². The molecule has 2 rings (SSSR count). The van der Waals surface area contributed by atoms with Crippen LogP contribution in [-0.2, 0) is 4.79 Å². The highest BCUT2D eigenvalue weighted by Gasteiger charge is 2.18. The molecule has 5 heteroatoms. The van der Waals surface area contributed by atoms with Gasteiger partial charge in [0.2, 0.25) is 5.91 Å². The van der Waals surface area contributed by atoms with E-state index in [1.165, 1.54) is 5.56 Å². The average Bonchev–Trinajstić information content (AvgIpc) is 2.50. The summed E-state index contributed by atoms with van der Waals surface area (Å²) in [5.74, 6) is 0.121. The summed E-state index contributed by atoms with van der Waals surface area (Å²) >= 11 is 5.88. The Balaban J connectivity index is 1.68. The number of benzene rings is 1. The number of rotatable bonds is 6. The van der Waals surface area contributed by atoms with Gasteiger partial charge in [-0.2, -0.15) is 0 Å². The molecule has 1 aliphatic heterocycles. The number of hydrogen-bond acceptors (Lipinski definition) is 3. The standard InChI is InChI=1S/C18H26ClN3O/c1-15(2)20-18(23)14-22-12-10-21(11-13-22)9-3-4-16-5-7-17(19)8-6-16/h3-8,15H,9-14H2,1-2H3,(H,20,23)/b4-3+. The van der Waals surface area contributed by atoms with Crippen molar-refractivity contribution in [3.63, 3.8) is 0 Å². The van der Waals surface area contributed by atoms with Crippen LogP contribution in [0, 0.1) is 0 Å². The van der Waals surface area contributed by atoms with Gasteiger partial charge in [0.15, 0.2) is 0 Å². The van der Waals surface area contributed by atoms with E-state index in [9.17, 15) is 4.79 Å². The highest BCUT2D eigenvalue weighted by Crippen LogP contribution is 2.11. The highest BCUT2D eigenvalue weighted by atomic mass is 35.5. The monoisotopic (exact) mass is 335 g/mol. The third-order valence-corrected chi connectivity index (χ3v) is 4.08. The Morgan fingerprint density at radius 3 is 2.39 bits per heavy atom. The molecule has 1 N–H and O–H groups in total. The Hall–Kier alpha value is -1.36. The van der Waals surface area contributed by atoms with Crippen LogP contribution in [0.25, 0.3) is 6.08 Å². The molecule has 1 aliphatic rings. The van der Waals surface area contributed by atoms with Crippen molar-refractivity contribution in [1.82, 2.24) is 15.1 Å². The lowest BCUT2D eigenvalue weighted by Crippen LogP contribution is -2.50. The minimum atomic E-state index is 0.121. The van der Waals surface area contributed by atoms with Gasteiger partial charge in [-0.15, -0.1) is 0 Å². The zero-order valence-corrected chi connectivity index (χ0v) is 14.7. The van der Waals surface area contributed by atoms with E-state index in [0.29, 0.717) is 6.54 Å². The summed E-state index contributed by atoms with van der Waals surface area (Å²) in [5.41, 5.74) is 1.17. The van der Waals surface area contributed by atoms with Crippen LogP contribution in [0.2, 0.25) is 5.02 Å². The number of piperazine rings is 1. The number of nitrogens with one attached hydrogen (secondary N) is 1. The summed E-state index contributed by atoms with van der Waals surface area (Å²) in [6.45, 7) is 9.31. The Bertz CT molecular complexity index is 520. The fourth-order valence-corrected chi connectivity index (χ4v) is 2.74. The number of carbonyl (C=O) groups excluding carboxylic acids is 1. The minimum absolute atomic E-state index is 0.121. The number of hydrogen-bond donors (Lipinski definition) is 1. The first-order valence-corrected chi connectivity index (χ1v) is 8.57. The predicted octanol–water partition coefficient (Wildman–Crippen LogP) is 2.50. The quantitative estimate of drug-likeness (QED) is 0.867. The van der Waals surface area contributed by atoms with Crippen LogP contribution in [0.5, 0.6) is 0 Å². The van der Waals surface area contributed by atoms with Crippen LogP contribution in [0.1, 0.15) is 19.4 Å². The molecule has 126 valence electrons. The van der Waals surface area contributed by atoms with Crippen molar-refractivity contribution in [3.8, 4) is 0 Å². The first-order valence-electron chi connectivity index (χ1n) is 8.19. The van der Waals surface area contributed by atoms with E-state index in [-0.39, 0.29) is 11.9 Å². The van der Waals surface area contributed by atoms with Crippen LogP contribution in [0.3, 0.4) is 0 Å². The summed E-state index contributed by atoms with van der Waals surface area (Å²) in [4.78, 5) is 16.4. The smallest absolute Gasteiger partial charge is 0.234 e. The fraction of sp³-hybridized carbons (Fsp3) is 0.500. The van der Waals surface area contributed by atoms with Gasteiger partial charge < -0.3 is 5.32 Å². The summed E-state index contributed by atoms with van der Waals surface area (Å²) in [6.07, 6.45) is 4.31. The zero-order chi connectivity index (χ0) is 16.7. The van der Waals surface area contributed by atoms with Gasteiger partial charge >= 0.3 is 0 Å². The Morgan fingerprint density at radius 2 is 1.78 bits per heavy atom. The molecule has 23 heavy (non-hydrogen) atoms. The molecular formula is C18H26ClN3O. The molecule has 0 unspecified atom stereocenters. The highest BCUT2D eigenvalue weighted by molar-refractivity contribution is 6.30. The summed E-state index contributed by atoms with van der Waals surface area (Å²) in [7, 11) is 0. The maximum Gasteiger partial charge on any atom is 0.234 e. The Kier molecular flexibility index (Phi) is 7.09. The second-order valence-electron chi connectivity index (χ2n) is 6.25. The maximum absolute atomic E-state index is 11.8. The largest absolute Gasteiger partial charge is 0.353 e. The molecule has 0 spiro atoms. The van der Waals surface area contributed by atoms with Crippen molar-refractivity contribution in [1.29, 1.82) is 0 Å². The number of nitrogens with zero attached hydrogens (tertiary/aromatic N) is 2. The van der Waals surface area contributed by atoms with Gasteiger partial charge in [0.1, 0.15) is 0 Å². The van der Waals surface area contributed by atoms with Crippen molar-refractivity contribution >= 4 is 23.6 Å². The third-order valence-electron chi connectivity index (χ3n) is 3.83. The molecule has 1 aromatic rings. The number of carbonyl (C=O) groups is 1. The fourth-order valence-electron chi connectivity index (χ4n) is 2.61. The van der Waals surface area contributed by atoms with E-state index in [0.717, 1.165) is 37.7 Å². The van der Waals surface area contributed by atoms with Gasteiger partial charge in [0.05, 0.1) is 6.54 Å².